The molecule has 1 unspecified atom stereocenters. The average molecular weight is 395 g/mol. The number of nitrogens with zero attached hydrogens (tertiary/aromatic N) is 1. The Morgan fingerprint density at radius 3 is 2.59 bits per heavy atom. The molecule has 1 fully saturated rings. The fourth-order valence-corrected chi connectivity index (χ4v) is 3.67. The SMILES string of the molecule is N[C@H](CC1CCCCC1)C(O)C(=O)NNc1ccc(C=Cc2ccccn2)cc1. The zero-order chi connectivity index (χ0) is 20.5. The molecule has 0 radical (unpaired) electrons. The fourth-order valence-electron chi connectivity index (χ4n) is 3.67. The Morgan fingerprint density at radius 1 is 1.14 bits per heavy atom. The molecule has 6 heteroatoms. The van der Waals surface area contributed by atoms with Crippen molar-refractivity contribution < 1.29 is 9.90 Å². The van der Waals surface area contributed by atoms with Crippen molar-refractivity contribution in [2.45, 2.75) is 50.7 Å². The lowest BCUT2D eigenvalue weighted by molar-refractivity contribution is -0.130. The monoisotopic (exact) mass is 394 g/mol. The maximum atomic E-state index is 12.2. The molecule has 5 N–H and O–H groups in total. The van der Waals surface area contributed by atoms with Crippen molar-refractivity contribution in [3.8, 4) is 0 Å². The summed E-state index contributed by atoms with van der Waals surface area (Å²) < 4.78 is 0. The zero-order valence-corrected chi connectivity index (χ0v) is 16.6. The molecule has 0 spiro atoms. The fraction of sp³-hybridized carbons (Fsp3) is 0.391. The quantitative estimate of drug-likeness (QED) is 0.515. The van der Waals surface area contributed by atoms with E-state index in [2.05, 4.69) is 15.8 Å². The molecular formula is C23H30N4O2. The molecule has 154 valence electrons. The van der Waals surface area contributed by atoms with Gasteiger partial charge in [-0.05, 0) is 48.2 Å². The van der Waals surface area contributed by atoms with Crippen LogP contribution in [0.25, 0.3) is 12.2 Å². The van der Waals surface area contributed by atoms with Crippen molar-refractivity contribution in [1.29, 1.82) is 0 Å². The molecule has 1 saturated carbocycles. The smallest absolute Gasteiger partial charge is 0.268 e. The molecule has 2 aromatic rings. The highest BCUT2D eigenvalue weighted by molar-refractivity contribution is 5.82. The number of aromatic nitrogens is 1. The maximum Gasteiger partial charge on any atom is 0.268 e. The summed E-state index contributed by atoms with van der Waals surface area (Å²) in [6.07, 6.45) is 11.1. The molecule has 6 nitrogen and oxygen atoms in total. The number of hydrazine groups is 1. The number of carbonyl (C=O) groups is 1. The molecule has 2 atom stereocenters. The number of rotatable bonds is 8. The van der Waals surface area contributed by atoms with E-state index >= 15 is 0 Å². The van der Waals surface area contributed by atoms with Gasteiger partial charge >= 0.3 is 0 Å². The summed E-state index contributed by atoms with van der Waals surface area (Å²) >= 11 is 0. The van der Waals surface area contributed by atoms with E-state index in [4.69, 9.17) is 5.73 Å². The highest BCUT2D eigenvalue weighted by Gasteiger charge is 2.26. The van der Waals surface area contributed by atoms with Crippen LogP contribution >= 0.6 is 0 Å². The summed E-state index contributed by atoms with van der Waals surface area (Å²) in [7, 11) is 0. The largest absolute Gasteiger partial charge is 0.382 e. The Morgan fingerprint density at radius 2 is 1.90 bits per heavy atom. The first-order chi connectivity index (χ1) is 14.1. The van der Waals surface area contributed by atoms with Gasteiger partial charge in [0, 0.05) is 12.2 Å². The third-order valence-electron chi connectivity index (χ3n) is 5.38. The molecule has 1 aromatic heterocycles. The third-order valence-corrected chi connectivity index (χ3v) is 5.38. The lowest BCUT2D eigenvalue weighted by Gasteiger charge is -2.26. The molecule has 1 heterocycles. The van der Waals surface area contributed by atoms with E-state index in [9.17, 15) is 9.90 Å². The van der Waals surface area contributed by atoms with E-state index in [-0.39, 0.29) is 0 Å². The predicted molar refractivity (Wildman–Crippen MR) is 117 cm³/mol. The van der Waals surface area contributed by atoms with Crippen molar-refractivity contribution in [2.24, 2.45) is 11.7 Å². The van der Waals surface area contributed by atoms with Crippen LogP contribution in [0.15, 0.2) is 48.7 Å². The van der Waals surface area contributed by atoms with Crippen LogP contribution in [0.1, 0.15) is 49.8 Å². The highest BCUT2D eigenvalue weighted by atomic mass is 16.3. The van der Waals surface area contributed by atoms with Gasteiger partial charge in [-0.2, -0.15) is 0 Å². The first-order valence-electron chi connectivity index (χ1n) is 10.3. The van der Waals surface area contributed by atoms with Crippen LogP contribution in [0.5, 0.6) is 0 Å². The Labute approximate surface area is 172 Å². The number of nitrogens with two attached hydrogens (primary N) is 1. The van der Waals surface area contributed by atoms with E-state index < -0.39 is 18.1 Å². The molecule has 29 heavy (non-hydrogen) atoms. The predicted octanol–water partition coefficient (Wildman–Crippen LogP) is 3.35. The number of aliphatic hydroxyl groups is 1. The van der Waals surface area contributed by atoms with Crippen LogP contribution in [0.4, 0.5) is 5.69 Å². The highest BCUT2D eigenvalue weighted by Crippen LogP contribution is 2.27. The van der Waals surface area contributed by atoms with Gasteiger partial charge in [0.05, 0.1) is 11.4 Å². The maximum absolute atomic E-state index is 12.2. The van der Waals surface area contributed by atoms with Crippen molar-refractivity contribution >= 4 is 23.7 Å². The summed E-state index contributed by atoms with van der Waals surface area (Å²) in [5.74, 6) is 0.00766. The van der Waals surface area contributed by atoms with Gasteiger partial charge in [0.15, 0.2) is 0 Å². The molecular weight excluding hydrogens is 364 g/mol. The second-order valence-electron chi connectivity index (χ2n) is 7.67. The van der Waals surface area contributed by atoms with E-state index in [1.807, 2.05) is 54.6 Å². The van der Waals surface area contributed by atoms with Gasteiger partial charge in [-0.25, -0.2) is 0 Å². The Kier molecular flexibility index (Phi) is 7.78. The summed E-state index contributed by atoms with van der Waals surface area (Å²) in [6.45, 7) is 0. The van der Waals surface area contributed by atoms with Gasteiger partial charge in [0.1, 0.15) is 6.10 Å². The molecule has 0 saturated heterocycles. The van der Waals surface area contributed by atoms with Crippen molar-refractivity contribution in [1.82, 2.24) is 10.4 Å². The minimum atomic E-state index is -1.22. The third kappa shape index (κ3) is 6.69. The number of pyridine rings is 1. The Bertz CT molecular complexity index is 786. The van der Waals surface area contributed by atoms with E-state index in [0.29, 0.717) is 12.3 Å². The minimum Gasteiger partial charge on any atom is -0.382 e. The number of nitrogens with one attached hydrogen (secondary N) is 2. The molecule has 1 amide bonds. The average Bonchev–Trinajstić information content (AvgIpc) is 2.77. The second kappa shape index (κ2) is 10.7. The number of hydrogen-bond donors (Lipinski definition) is 4. The second-order valence-corrected chi connectivity index (χ2v) is 7.67. The first kappa shape index (κ1) is 21.0. The summed E-state index contributed by atoms with van der Waals surface area (Å²) in [5, 5.41) is 10.2. The summed E-state index contributed by atoms with van der Waals surface area (Å²) in [5.41, 5.74) is 14.1. The van der Waals surface area contributed by atoms with E-state index in [0.717, 1.165) is 29.8 Å². The first-order valence-corrected chi connectivity index (χ1v) is 10.3. The standard InChI is InChI=1S/C23H30N4O2/c24-21(16-18-6-2-1-3-7-18)22(28)23(29)27-26-20-13-10-17(11-14-20)9-12-19-8-4-5-15-25-19/h4-5,8-15,18,21-22,26,28H,1-3,6-7,16,24H2,(H,27,29)/t21-,22?/m1/s1. The lowest BCUT2D eigenvalue weighted by Crippen LogP contribution is -2.48. The normalized spacial score (nSPS) is 17.0. The number of aliphatic hydroxyl groups excluding tert-OH is 1. The number of benzene rings is 1. The van der Waals surface area contributed by atoms with E-state index in [1.54, 1.807) is 6.20 Å². The summed E-state index contributed by atoms with van der Waals surface area (Å²) in [6, 6.07) is 12.8. The van der Waals surface area contributed by atoms with E-state index in [1.165, 1.54) is 19.3 Å². The summed E-state index contributed by atoms with van der Waals surface area (Å²) in [4.78, 5) is 16.5. The molecule has 0 aliphatic heterocycles. The van der Waals surface area contributed by atoms with Crippen LogP contribution in [-0.2, 0) is 4.79 Å². The number of amides is 1. The number of hydrogen-bond acceptors (Lipinski definition) is 5. The zero-order valence-electron chi connectivity index (χ0n) is 16.6. The van der Waals surface area contributed by atoms with Crippen LogP contribution in [-0.4, -0.2) is 28.1 Å². The molecule has 1 aliphatic rings. The van der Waals surface area contributed by atoms with Crippen LogP contribution in [0.3, 0.4) is 0 Å². The van der Waals surface area contributed by atoms with Gasteiger partial charge in [0.2, 0.25) is 0 Å². The van der Waals surface area contributed by atoms with Crippen LogP contribution < -0.4 is 16.6 Å². The van der Waals surface area contributed by atoms with Gasteiger partial charge < -0.3 is 10.8 Å². The molecule has 1 aliphatic carbocycles. The number of anilines is 1. The van der Waals surface area contributed by atoms with Gasteiger partial charge in [0.25, 0.3) is 5.91 Å². The van der Waals surface area contributed by atoms with Gasteiger partial charge in [-0.15, -0.1) is 0 Å². The molecule has 0 bridgehead atoms. The van der Waals surface area contributed by atoms with Crippen LogP contribution in [0.2, 0.25) is 0 Å². The molecule has 1 aromatic carbocycles. The number of carbonyl (C=O) groups excluding carboxylic acids is 1. The molecule has 3 rings (SSSR count). The van der Waals surface area contributed by atoms with Crippen molar-refractivity contribution in [3.63, 3.8) is 0 Å². The van der Waals surface area contributed by atoms with Gasteiger partial charge in [-0.1, -0.05) is 56.4 Å². The Hall–Kier alpha value is -2.70. The van der Waals surface area contributed by atoms with Crippen molar-refractivity contribution in [2.75, 3.05) is 5.43 Å². The van der Waals surface area contributed by atoms with Crippen LogP contribution in [0, 0.1) is 5.92 Å². The topological polar surface area (TPSA) is 100 Å². The lowest BCUT2D eigenvalue weighted by atomic mass is 9.84. The minimum absolute atomic E-state index is 0.507. The van der Waals surface area contributed by atoms with Gasteiger partial charge in [-0.3, -0.25) is 20.6 Å². The Balaban J connectivity index is 1.45. The van der Waals surface area contributed by atoms with Crippen molar-refractivity contribution in [3.05, 3.63) is 59.9 Å².